The Bertz CT molecular complexity index is 767. The number of para-hydroxylation sites is 2. The molecule has 0 saturated heterocycles. The van der Waals surface area contributed by atoms with E-state index in [2.05, 4.69) is 10.3 Å². The smallest absolute Gasteiger partial charge is 0.340 e. The number of halogens is 3. The maximum Gasteiger partial charge on any atom is 0.417 e. The van der Waals surface area contributed by atoms with Crippen LogP contribution in [-0.2, 0) is 6.18 Å². The number of nitrogens with zero attached hydrogens (tertiary/aromatic N) is 1. The van der Waals surface area contributed by atoms with E-state index in [4.69, 9.17) is 0 Å². The highest BCUT2D eigenvalue weighted by Crippen LogP contribution is 2.36. The van der Waals surface area contributed by atoms with Gasteiger partial charge in [-0.1, -0.05) is 36.4 Å². The first-order valence-corrected chi connectivity index (χ1v) is 6.33. The van der Waals surface area contributed by atoms with Crippen molar-refractivity contribution in [3.63, 3.8) is 0 Å². The average molecular weight is 288 g/mol. The minimum absolute atomic E-state index is 0.101. The van der Waals surface area contributed by atoms with E-state index in [1.807, 2.05) is 6.07 Å². The number of benzene rings is 2. The molecule has 0 saturated carbocycles. The Morgan fingerprint density at radius 2 is 1.52 bits per heavy atom. The highest BCUT2D eigenvalue weighted by molar-refractivity contribution is 5.85. The van der Waals surface area contributed by atoms with Crippen molar-refractivity contribution < 1.29 is 13.2 Å². The number of alkyl halides is 3. The summed E-state index contributed by atoms with van der Waals surface area (Å²) < 4.78 is 39.5. The van der Waals surface area contributed by atoms with E-state index >= 15 is 0 Å². The number of nitrogens with one attached hydrogen (secondary N) is 1. The molecule has 2 nitrogen and oxygen atoms in total. The molecule has 3 rings (SSSR count). The molecule has 0 atom stereocenters. The Balaban J connectivity index is 2.12. The van der Waals surface area contributed by atoms with Crippen LogP contribution >= 0.6 is 0 Å². The highest BCUT2D eigenvalue weighted by atomic mass is 19.4. The predicted octanol–water partition coefficient (Wildman–Crippen LogP) is 5.00. The highest BCUT2D eigenvalue weighted by Gasteiger charge is 2.33. The van der Waals surface area contributed by atoms with Gasteiger partial charge in [0.15, 0.2) is 0 Å². The van der Waals surface area contributed by atoms with E-state index in [0.29, 0.717) is 11.2 Å². The van der Waals surface area contributed by atoms with Gasteiger partial charge in [-0.25, -0.2) is 4.98 Å². The summed E-state index contributed by atoms with van der Waals surface area (Å²) in [5.41, 5.74) is 0.311. The van der Waals surface area contributed by atoms with E-state index in [1.165, 1.54) is 6.07 Å². The molecular weight excluding hydrogens is 277 g/mol. The van der Waals surface area contributed by atoms with Gasteiger partial charge in [0.05, 0.1) is 11.1 Å². The summed E-state index contributed by atoms with van der Waals surface area (Å²) in [5, 5.41) is 3.00. The third-order valence-electron chi connectivity index (χ3n) is 3.07. The van der Waals surface area contributed by atoms with Crippen molar-refractivity contribution in [2.24, 2.45) is 0 Å². The van der Waals surface area contributed by atoms with Crippen LogP contribution in [0.1, 0.15) is 5.56 Å². The molecule has 2 aromatic carbocycles. The van der Waals surface area contributed by atoms with Crippen LogP contribution in [0.2, 0.25) is 0 Å². The average Bonchev–Trinajstić information content (AvgIpc) is 2.46. The van der Waals surface area contributed by atoms with Crippen LogP contribution in [-0.4, -0.2) is 4.98 Å². The van der Waals surface area contributed by atoms with Crippen molar-refractivity contribution in [3.8, 4) is 0 Å². The van der Waals surface area contributed by atoms with Crippen molar-refractivity contribution in [2.45, 2.75) is 6.18 Å². The number of aromatic nitrogens is 1. The molecule has 21 heavy (non-hydrogen) atoms. The predicted molar refractivity (Wildman–Crippen MR) is 76.5 cm³/mol. The van der Waals surface area contributed by atoms with Gasteiger partial charge < -0.3 is 5.32 Å². The van der Waals surface area contributed by atoms with Crippen molar-refractivity contribution in [1.29, 1.82) is 0 Å². The number of fused-ring (bicyclic) bond motifs is 1. The molecule has 0 spiro atoms. The van der Waals surface area contributed by atoms with Crippen molar-refractivity contribution in [2.75, 3.05) is 5.32 Å². The topological polar surface area (TPSA) is 24.9 Å². The quantitative estimate of drug-likeness (QED) is 0.718. The number of pyridine rings is 1. The Hall–Kier alpha value is -2.56. The zero-order chi connectivity index (χ0) is 14.9. The Kier molecular flexibility index (Phi) is 3.25. The van der Waals surface area contributed by atoms with Crippen LogP contribution in [0.3, 0.4) is 0 Å². The van der Waals surface area contributed by atoms with Crippen molar-refractivity contribution >= 4 is 22.4 Å². The summed E-state index contributed by atoms with van der Waals surface area (Å²) in [4.78, 5) is 4.23. The first-order chi connectivity index (χ1) is 10.0. The molecule has 0 amide bonds. The summed E-state index contributed by atoms with van der Waals surface area (Å²) >= 11 is 0. The minimum atomic E-state index is -4.42. The second-order valence-corrected chi connectivity index (χ2v) is 4.56. The molecule has 1 N–H and O–H groups in total. The molecule has 0 aliphatic carbocycles. The fourth-order valence-corrected chi connectivity index (χ4v) is 2.14. The maximum atomic E-state index is 13.2. The van der Waals surface area contributed by atoms with Gasteiger partial charge in [-0.3, -0.25) is 0 Å². The third-order valence-corrected chi connectivity index (χ3v) is 3.07. The lowest BCUT2D eigenvalue weighted by Gasteiger charge is -2.13. The standard InChI is InChI=1S/C16H11F3N2/c17-16(18,19)13-10-15(20-11-6-2-1-3-7-11)21-14-9-5-4-8-12(13)14/h1-10H,(H,20,21). The van der Waals surface area contributed by atoms with Crippen molar-refractivity contribution in [3.05, 3.63) is 66.2 Å². The van der Waals surface area contributed by atoms with Crippen LogP contribution in [0.15, 0.2) is 60.7 Å². The van der Waals surface area contributed by atoms with Gasteiger partial charge >= 0.3 is 6.18 Å². The van der Waals surface area contributed by atoms with E-state index in [9.17, 15) is 13.2 Å². The summed E-state index contributed by atoms with van der Waals surface area (Å²) in [7, 11) is 0. The van der Waals surface area contributed by atoms with Gasteiger partial charge in [-0.15, -0.1) is 0 Å². The van der Waals surface area contributed by atoms with Crippen LogP contribution in [0.5, 0.6) is 0 Å². The summed E-state index contributed by atoms with van der Waals surface area (Å²) in [5.74, 6) is 0.173. The third kappa shape index (κ3) is 2.81. The van der Waals surface area contributed by atoms with Crippen molar-refractivity contribution in [1.82, 2.24) is 4.98 Å². The number of hydrogen-bond acceptors (Lipinski definition) is 2. The van der Waals surface area contributed by atoms with Gasteiger partial charge in [0, 0.05) is 11.1 Å². The summed E-state index contributed by atoms with van der Waals surface area (Å²) in [6.07, 6.45) is -4.42. The monoisotopic (exact) mass is 288 g/mol. The molecule has 0 fully saturated rings. The van der Waals surface area contributed by atoms with Crippen LogP contribution in [0.25, 0.3) is 10.9 Å². The normalized spacial score (nSPS) is 11.6. The maximum absolute atomic E-state index is 13.2. The van der Waals surface area contributed by atoms with E-state index in [-0.39, 0.29) is 11.2 Å². The van der Waals surface area contributed by atoms with E-state index in [0.717, 1.165) is 6.07 Å². The SMILES string of the molecule is FC(F)(F)c1cc(Nc2ccccc2)nc2ccccc12. The van der Waals surface area contributed by atoms with Gasteiger partial charge in [0.1, 0.15) is 5.82 Å². The molecule has 1 aromatic heterocycles. The molecule has 0 aliphatic heterocycles. The van der Waals surface area contributed by atoms with Gasteiger partial charge in [-0.05, 0) is 24.3 Å². The fourth-order valence-electron chi connectivity index (χ4n) is 2.14. The zero-order valence-corrected chi connectivity index (χ0v) is 10.9. The second kappa shape index (κ2) is 5.09. The Morgan fingerprint density at radius 1 is 0.857 bits per heavy atom. The molecular formula is C16H11F3N2. The molecule has 0 unspecified atom stereocenters. The number of hydrogen-bond donors (Lipinski definition) is 1. The van der Waals surface area contributed by atoms with E-state index < -0.39 is 11.7 Å². The van der Waals surface area contributed by atoms with Crippen LogP contribution in [0.4, 0.5) is 24.7 Å². The van der Waals surface area contributed by atoms with Gasteiger partial charge in [-0.2, -0.15) is 13.2 Å². The molecule has 106 valence electrons. The largest absolute Gasteiger partial charge is 0.417 e. The molecule has 1 heterocycles. The Morgan fingerprint density at radius 3 is 2.24 bits per heavy atom. The summed E-state index contributed by atoms with van der Waals surface area (Å²) in [6.45, 7) is 0. The lowest BCUT2D eigenvalue weighted by Crippen LogP contribution is -2.08. The number of anilines is 2. The van der Waals surface area contributed by atoms with Gasteiger partial charge in [0.2, 0.25) is 0 Å². The van der Waals surface area contributed by atoms with E-state index in [1.54, 1.807) is 42.5 Å². The lowest BCUT2D eigenvalue weighted by atomic mass is 10.1. The molecule has 0 bridgehead atoms. The van der Waals surface area contributed by atoms with Crippen LogP contribution in [0, 0.1) is 0 Å². The zero-order valence-electron chi connectivity index (χ0n) is 10.9. The molecule has 0 aliphatic rings. The first-order valence-electron chi connectivity index (χ1n) is 6.33. The lowest BCUT2D eigenvalue weighted by molar-refractivity contribution is -0.136. The molecule has 0 radical (unpaired) electrons. The molecule has 3 aromatic rings. The fraction of sp³-hybridized carbons (Fsp3) is 0.0625. The van der Waals surface area contributed by atoms with Gasteiger partial charge in [0.25, 0.3) is 0 Å². The summed E-state index contributed by atoms with van der Waals surface area (Å²) in [6, 6.07) is 16.2. The second-order valence-electron chi connectivity index (χ2n) is 4.56. The Labute approximate surface area is 119 Å². The number of rotatable bonds is 2. The van der Waals surface area contributed by atoms with Crippen LogP contribution < -0.4 is 5.32 Å². The minimum Gasteiger partial charge on any atom is -0.340 e. The molecule has 5 heteroatoms. The first kappa shape index (κ1) is 13.4.